The fourth-order valence-corrected chi connectivity index (χ4v) is 3.23. The summed E-state index contributed by atoms with van der Waals surface area (Å²) >= 11 is 0. The Bertz CT molecular complexity index is 1110. The third kappa shape index (κ3) is 2.79. The van der Waals surface area contributed by atoms with E-state index in [1.165, 1.54) is 18.2 Å². The molecule has 0 heterocycles. The molecule has 0 unspecified atom stereocenters. The summed E-state index contributed by atoms with van der Waals surface area (Å²) < 4.78 is 0. The van der Waals surface area contributed by atoms with Crippen LogP contribution in [0.2, 0.25) is 0 Å². The van der Waals surface area contributed by atoms with Gasteiger partial charge in [-0.1, -0.05) is 29.8 Å². The number of hydrogen-bond donors (Lipinski definition) is 2. The molecule has 0 spiro atoms. The van der Waals surface area contributed by atoms with Gasteiger partial charge in [-0.2, -0.15) is 0 Å². The van der Waals surface area contributed by atoms with Crippen LogP contribution >= 0.6 is 0 Å². The maximum Gasteiger partial charge on any atom is 0.335 e. The number of carbonyl (C=O) groups excluding carboxylic acids is 2. The van der Waals surface area contributed by atoms with Gasteiger partial charge in [0.05, 0.1) is 16.8 Å². The molecule has 2 N–H and O–H groups in total. The zero-order chi connectivity index (χ0) is 19.1. The van der Waals surface area contributed by atoms with Crippen LogP contribution in [0.1, 0.15) is 47.8 Å². The van der Waals surface area contributed by atoms with Gasteiger partial charge >= 0.3 is 5.97 Å². The van der Waals surface area contributed by atoms with Crippen molar-refractivity contribution < 1.29 is 19.5 Å². The van der Waals surface area contributed by atoms with Gasteiger partial charge in [0.15, 0.2) is 11.6 Å². The molecule has 3 aromatic rings. The number of nitrogens with one attached hydrogen (secondary N) is 1. The van der Waals surface area contributed by atoms with Crippen molar-refractivity contribution >= 4 is 28.9 Å². The number of hydrogen-bond acceptors (Lipinski definition) is 4. The summed E-state index contributed by atoms with van der Waals surface area (Å²) in [7, 11) is 0. The normalized spacial score (nSPS) is 12.3. The first kappa shape index (κ1) is 16.7. The minimum Gasteiger partial charge on any atom is -0.478 e. The zero-order valence-electron chi connectivity index (χ0n) is 14.4. The highest BCUT2D eigenvalue weighted by molar-refractivity contribution is 6.30. The Morgan fingerprint density at radius 3 is 2.30 bits per heavy atom. The van der Waals surface area contributed by atoms with E-state index in [0.29, 0.717) is 11.3 Å². The molecule has 3 aromatic carbocycles. The average Bonchev–Trinajstić information content (AvgIpc) is 2.67. The molecular formula is C22H15NO4. The number of carboxylic acids is 1. The van der Waals surface area contributed by atoms with Crippen molar-refractivity contribution in [3.63, 3.8) is 0 Å². The topological polar surface area (TPSA) is 83.5 Å². The van der Waals surface area contributed by atoms with Crippen LogP contribution in [0.3, 0.4) is 0 Å². The SMILES string of the molecule is Cc1ccc(Nc2cccc3c2C(=O)c2ccc(C(=O)O)cc2C3=O)cc1. The molecule has 5 nitrogen and oxygen atoms in total. The second-order valence-electron chi connectivity index (χ2n) is 6.44. The molecule has 27 heavy (non-hydrogen) atoms. The smallest absolute Gasteiger partial charge is 0.335 e. The van der Waals surface area contributed by atoms with Crippen molar-refractivity contribution in [1.82, 2.24) is 0 Å². The van der Waals surface area contributed by atoms with E-state index in [0.717, 1.165) is 11.3 Å². The highest BCUT2D eigenvalue weighted by atomic mass is 16.4. The number of carboxylic acid groups (broad SMARTS) is 1. The van der Waals surface area contributed by atoms with Crippen molar-refractivity contribution in [2.45, 2.75) is 6.92 Å². The maximum atomic E-state index is 13.1. The van der Waals surface area contributed by atoms with E-state index >= 15 is 0 Å². The van der Waals surface area contributed by atoms with Gasteiger partial charge in [0.2, 0.25) is 0 Å². The standard InChI is InChI=1S/C22H15NO4/c1-12-5-8-14(9-6-12)23-18-4-2-3-16-19(18)21(25)15-10-7-13(22(26)27)11-17(15)20(16)24/h2-11,23H,1H3,(H,26,27). The van der Waals surface area contributed by atoms with Gasteiger partial charge in [-0.3, -0.25) is 9.59 Å². The summed E-state index contributed by atoms with van der Waals surface area (Å²) in [6, 6.07) is 16.8. The van der Waals surface area contributed by atoms with Crippen LogP contribution in [-0.4, -0.2) is 22.6 Å². The van der Waals surface area contributed by atoms with E-state index in [2.05, 4.69) is 5.32 Å². The minimum absolute atomic E-state index is 0.0210. The summed E-state index contributed by atoms with van der Waals surface area (Å²) in [6.07, 6.45) is 0. The van der Waals surface area contributed by atoms with Crippen molar-refractivity contribution in [2.75, 3.05) is 5.32 Å². The summed E-state index contributed by atoms with van der Waals surface area (Å²) in [6.45, 7) is 1.98. The largest absolute Gasteiger partial charge is 0.478 e. The highest BCUT2D eigenvalue weighted by Crippen LogP contribution is 2.33. The monoisotopic (exact) mass is 357 g/mol. The first-order valence-corrected chi connectivity index (χ1v) is 8.39. The number of aryl methyl sites for hydroxylation is 1. The molecule has 0 fully saturated rings. The van der Waals surface area contributed by atoms with Gasteiger partial charge in [0, 0.05) is 22.4 Å². The molecule has 4 rings (SSSR count). The van der Waals surface area contributed by atoms with Crippen LogP contribution in [0.15, 0.2) is 60.7 Å². The highest BCUT2D eigenvalue weighted by Gasteiger charge is 2.32. The molecular weight excluding hydrogens is 342 g/mol. The number of rotatable bonds is 3. The molecule has 0 bridgehead atoms. The van der Waals surface area contributed by atoms with E-state index in [9.17, 15) is 14.4 Å². The summed E-state index contributed by atoms with van der Waals surface area (Å²) in [5, 5.41) is 12.4. The first-order chi connectivity index (χ1) is 13.0. The van der Waals surface area contributed by atoms with Crippen LogP contribution in [0, 0.1) is 6.92 Å². The molecule has 5 heteroatoms. The Hall–Kier alpha value is -3.73. The molecule has 0 radical (unpaired) electrons. The van der Waals surface area contributed by atoms with Crippen molar-refractivity contribution in [3.05, 3.63) is 94.0 Å². The van der Waals surface area contributed by atoms with Crippen molar-refractivity contribution in [2.24, 2.45) is 0 Å². The number of fused-ring (bicyclic) bond motifs is 2. The number of benzene rings is 3. The molecule has 1 aliphatic rings. The van der Waals surface area contributed by atoms with E-state index in [1.54, 1.807) is 18.2 Å². The second-order valence-corrected chi connectivity index (χ2v) is 6.44. The van der Waals surface area contributed by atoms with Crippen molar-refractivity contribution in [1.29, 1.82) is 0 Å². The van der Waals surface area contributed by atoms with E-state index in [-0.39, 0.29) is 33.8 Å². The lowest BCUT2D eigenvalue weighted by molar-refractivity contribution is 0.0696. The van der Waals surface area contributed by atoms with Crippen LogP contribution in [0.25, 0.3) is 0 Å². The Kier molecular flexibility index (Phi) is 3.85. The quantitative estimate of drug-likeness (QED) is 0.574. The lowest BCUT2D eigenvalue weighted by atomic mass is 9.82. The van der Waals surface area contributed by atoms with Crippen LogP contribution in [-0.2, 0) is 0 Å². The predicted molar refractivity (Wildman–Crippen MR) is 101 cm³/mol. The van der Waals surface area contributed by atoms with Gasteiger partial charge in [-0.05, 0) is 43.3 Å². The van der Waals surface area contributed by atoms with Gasteiger partial charge in [0.25, 0.3) is 0 Å². The molecule has 0 saturated heterocycles. The summed E-state index contributed by atoms with van der Waals surface area (Å²) in [4.78, 5) is 37.2. The molecule has 0 aromatic heterocycles. The van der Waals surface area contributed by atoms with Gasteiger partial charge in [-0.25, -0.2) is 4.79 Å². The lowest BCUT2D eigenvalue weighted by Crippen LogP contribution is -2.22. The van der Waals surface area contributed by atoms with Crippen molar-refractivity contribution in [3.8, 4) is 0 Å². The second kappa shape index (κ2) is 6.21. The van der Waals surface area contributed by atoms with E-state index in [4.69, 9.17) is 5.11 Å². The van der Waals surface area contributed by atoms with E-state index in [1.807, 2.05) is 31.2 Å². The Morgan fingerprint density at radius 1 is 0.852 bits per heavy atom. The fourth-order valence-electron chi connectivity index (χ4n) is 3.23. The summed E-state index contributed by atoms with van der Waals surface area (Å²) in [5.74, 6) is -1.79. The molecule has 132 valence electrons. The third-order valence-electron chi connectivity index (χ3n) is 4.62. The Morgan fingerprint density at radius 2 is 1.59 bits per heavy atom. The van der Waals surface area contributed by atoms with Crippen LogP contribution < -0.4 is 5.32 Å². The first-order valence-electron chi connectivity index (χ1n) is 8.39. The minimum atomic E-state index is -1.14. The molecule has 0 aliphatic heterocycles. The zero-order valence-corrected chi connectivity index (χ0v) is 14.4. The number of aromatic carboxylic acids is 1. The predicted octanol–water partition coefficient (Wildman–Crippen LogP) is 4.21. The van der Waals surface area contributed by atoms with Crippen LogP contribution in [0.5, 0.6) is 0 Å². The Labute approximate surface area is 155 Å². The third-order valence-corrected chi connectivity index (χ3v) is 4.62. The fraction of sp³-hybridized carbons (Fsp3) is 0.0455. The molecule has 1 aliphatic carbocycles. The molecule has 0 saturated carbocycles. The number of ketones is 2. The van der Waals surface area contributed by atoms with Crippen LogP contribution in [0.4, 0.5) is 11.4 Å². The van der Waals surface area contributed by atoms with Gasteiger partial charge in [-0.15, -0.1) is 0 Å². The Balaban J connectivity index is 1.82. The molecule has 0 atom stereocenters. The maximum absolute atomic E-state index is 13.1. The molecule has 0 amide bonds. The van der Waals surface area contributed by atoms with Gasteiger partial charge < -0.3 is 10.4 Å². The lowest BCUT2D eigenvalue weighted by Gasteiger charge is -2.21. The summed E-state index contributed by atoms with van der Waals surface area (Å²) in [5.41, 5.74) is 3.36. The number of carbonyl (C=O) groups is 3. The van der Waals surface area contributed by atoms with E-state index < -0.39 is 5.97 Å². The average molecular weight is 357 g/mol. The van der Waals surface area contributed by atoms with Gasteiger partial charge in [0.1, 0.15) is 0 Å². The number of anilines is 2.